The Morgan fingerprint density at radius 1 is 1.44 bits per heavy atom. The average Bonchev–Trinajstić information content (AvgIpc) is 2.80. The Labute approximate surface area is 103 Å². The van der Waals surface area contributed by atoms with Crippen LogP contribution in [0.2, 0.25) is 0 Å². The summed E-state index contributed by atoms with van der Waals surface area (Å²) in [5, 5.41) is 11.1. The standard InChI is InChI=1S/C12H10N2O4/c1-17-11(15)9-10(18-12(16)14-9)8-4-2-7(6-13)3-5-8/h2-5,9-10H,1H3,(H,14,16)/t9-,10+/m0/s1. The zero-order valence-electron chi connectivity index (χ0n) is 9.54. The summed E-state index contributed by atoms with van der Waals surface area (Å²) >= 11 is 0. The summed E-state index contributed by atoms with van der Waals surface area (Å²) in [7, 11) is 1.24. The number of alkyl carbamates (subject to hydrolysis) is 1. The van der Waals surface area contributed by atoms with Crippen LogP contribution in [0.1, 0.15) is 17.2 Å². The fraction of sp³-hybridized carbons (Fsp3) is 0.250. The van der Waals surface area contributed by atoms with E-state index in [1.807, 2.05) is 6.07 Å². The van der Waals surface area contributed by atoms with Crippen LogP contribution in [0, 0.1) is 11.3 Å². The number of nitriles is 1. The number of nitrogens with one attached hydrogen (secondary N) is 1. The van der Waals surface area contributed by atoms with Gasteiger partial charge in [0.05, 0.1) is 18.7 Å². The van der Waals surface area contributed by atoms with E-state index in [-0.39, 0.29) is 0 Å². The van der Waals surface area contributed by atoms with Crippen LogP contribution < -0.4 is 5.32 Å². The van der Waals surface area contributed by atoms with Crippen molar-refractivity contribution in [2.75, 3.05) is 7.11 Å². The first-order valence-corrected chi connectivity index (χ1v) is 5.20. The minimum absolute atomic E-state index is 0.491. The number of nitrogens with zero attached hydrogens (tertiary/aromatic N) is 1. The number of rotatable bonds is 2. The maximum absolute atomic E-state index is 11.5. The van der Waals surface area contributed by atoms with Crippen molar-refractivity contribution in [3.8, 4) is 6.07 Å². The van der Waals surface area contributed by atoms with Gasteiger partial charge in [-0.2, -0.15) is 5.26 Å². The molecule has 1 heterocycles. The minimum Gasteiger partial charge on any atom is -0.467 e. The molecule has 0 radical (unpaired) electrons. The van der Waals surface area contributed by atoms with E-state index in [1.54, 1.807) is 24.3 Å². The molecule has 0 aromatic heterocycles. The lowest BCUT2D eigenvalue weighted by atomic mass is 10.0. The van der Waals surface area contributed by atoms with Crippen molar-refractivity contribution in [3.63, 3.8) is 0 Å². The highest BCUT2D eigenvalue weighted by Crippen LogP contribution is 2.27. The molecule has 1 aromatic rings. The van der Waals surface area contributed by atoms with Crippen LogP contribution in [-0.4, -0.2) is 25.2 Å². The Hall–Kier alpha value is -2.55. The largest absolute Gasteiger partial charge is 0.467 e. The van der Waals surface area contributed by atoms with Crippen LogP contribution in [0.5, 0.6) is 0 Å². The second kappa shape index (κ2) is 4.75. The van der Waals surface area contributed by atoms with E-state index < -0.39 is 24.2 Å². The van der Waals surface area contributed by atoms with Crippen molar-refractivity contribution in [1.29, 1.82) is 5.26 Å². The molecule has 18 heavy (non-hydrogen) atoms. The van der Waals surface area contributed by atoms with E-state index in [9.17, 15) is 9.59 Å². The van der Waals surface area contributed by atoms with Gasteiger partial charge in [0.2, 0.25) is 0 Å². The Kier molecular flexibility index (Phi) is 3.15. The Morgan fingerprint density at radius 3 is 2.67 bits per heavy atom. The number of methoxy groups -OCH3 is 1. The fourth-order valence-corrected chi connectivity index (χ4v) is 1.74. The number of benzene rings is 1. The molecule has 6 nitrogen and oxygen atoms in total. The summed E-state index contributed by atoms with van der Waals surface area (Å²) < 4.78 is 9.62. The van der Waals surface area contributed by atoms with Crippen molar-refractivity contribution in [1.82, 2.24) is 5.32 Å². The maximum Gasteiger partial charge on any atom is 0.408 e. The number of carbonyl (C=O) groups is 2. The van der Waals surface area contributed by atoms with E-state index in [2.05, 4.69) is 10.1 Å². The topological polar surface area (TPSA) is 88.4 Å². The highest BCUT2D eigenvalue weighted by molar-refractivity contribution is 5.85. The number of hydrogen-bond donors (Lipinski definition) is 1. The first kappa shape index (κ1) is 11.9. The predicted octanol–water partition coefficient (Wildman–Crippen LogP) is 0.881. The quantitative estimate of drug-likeness (QED) is 0.782. The molecule has 1 aliphatic rings. The number of esters is 1. The molecule has 0 unspecified atom stereocenters. The van der Waals surface area contributed by atoms with Crippen LogP contribution in [0.15, 0.2) is 24.3 Å². The molecular formula is C12H10N2O4. The van der Waals surface area contributed by atoms with Crippen molar-refractivity contribution in [3.05, 3.63) is 35.4 Å². The Morgan fingerprint density at radius 2 is 2.11 bits per heavy atom. The van der Waals surface area contributed by atoms with Crippen LogP contribution in [0.3, 0.4) is 0 Å². The highest BCUT2D eigenvalue weighted by Gasteiger charge is 2.40. The molecule has 1 aromatic carbocycles. The van der Waals surface area contributed by atoms with E-state index in [0.717, 1.165) is 0 Å². The lowest BCUT2D eigenvalue weighted by molar-refractivity contribution is -0.144. The van der Waals surface area contributed by atoms with Gasteiger partial charge in [0.1, 0.15) is 0 Å². The number of cyclic esters (lactones) is 1. The first-order chi connectivity index (χ1) is 8.65. The molecule has 1 aliphatic heterocycles. The third kappa shape index (κ3) is 2.11. The number of amides is 1. The third-order valence-corrected chi connectivity index (χ3v) is 2.63. The molecule has 0 aliphatic carbocycles. The molecule has 1 saturated heterocycles. The van der Waals surface area contributed by atoms with Gasteiger partial charge in [-0.1, -0.05) is 12.1 Å². The van der Waals surface area contributed by atoms with E-state index >= 15 is 0 Å². The molecule has 0 saturated carbocycles. The predicted molar refractivity (Wildman–Crippen MR) is 59.3 cm³/mol. The monoisotopic (exact) mass is 246 g/mol. The van der Waals surface area contributed by atoms with Gasteiger partial charge in [0.25, 0.3) is 0 Å². The van der Waals surface area contributed by atoms with Gasteiger partial charge in [0, 0.05) is 0 Å². The molecule has 0 spiro atoms. The zero-order chi connectivity index (χ0) is 13.1. The number of carbonyl (C=O) groups excluding carboxylic acids is 2. The van der Waals surface area contributed by atoms with E-state index in [4.69, 9.17) is 10.00 Å². The molecule has 92 valence electrons. The molecule has 1 amide bonds. The Bertz CT molecular complexity index is 518. The van der Waals surface area contributed by atoms with Crippen LogP contribution in [-0.2, 0) is 14.3 Å². The van der Waals surface area contributed by atoms with E-state index in [1.165, 1.54) is 7.11 Å². The molecule has 2 atom stereocenters. The number of ether oxygens (including phenoxy) is 2. The molecular weight excluding hydrogens is 236 g/mol. The van der Waals surface area contributed by atoms with Crippen LogP contribution in [0.4, 0.5) is 4.79 Å². The summed E-state index contributed by atoms with van der Waals surface area (Å²) in [6, 6.07) is 7.58. The molecule has 1 N–H and O–H groups in total. The summed E-state index contributed by atoms with van der Waals surface area (Å²) in [6.07, 6.45) is -1.41. The fourth-order valence-electron chi connectivity index (χ4n) is 1.74. The second-order valence-corrected chi connectivity index (χ2v) is 3.70. The average molecular weight is 246 g/mol. The third-order valence-electron chi connectivity index (χ3n) is 2.63. The lowest BCUT2D eigenvalue weighted by Gasteiger charge is -2.14. The molecule has 0 bridgehead atoms. The number of hydrogen-bond acceptors (Lipinski definition) is 5. The van der Waals surface area contributed by atoms with Crippen molar-refractivity contribution in [2.24, 2.45) is 0 Å². The van der Waals surface area contributed by atoms with E-state index in [0.29, 0.717) is 11.1 Å². The normalized spacial score (nSPS) is 21.7. The van der Waals surface area contributed by atoms with Gasteiger partial charge < -0.3 is 14.8 Å². The highest BCUT2D eigenvalue weighted by atomic mass is 16.6. The second-order valence-electron chi connectivity index (χ2n) is 3.70. The van der Waals surface area contributed by atoms with Gasteiger partial charge in [-0.05, 0) is 17.7 Å². The van der Waals surface area contributed by atoms with Crippen molar-refractivity contribution >= 4 is 12.1 Å². The zero-order valence-corrected chi connectivity index (χ0v) is 9.54. The first-order valence-electron chi connectivity index (χ1n) is 5.20. The maximum atomic E-state index is 11.5. The molecule has 2 rings (SSSR count). The Balaban J connectivity index is 2.27. The lowest BCUT2D eigenvalue weighted by Crippen LogP contribution is -2.36. The van der Waals surface area contributed by atoms with Gasteiger partial charge in [0.15, 0.2) is 12.1 Å². The SMILES string of the molecule is COC(=O)[C@H]1NC(=O)O[C@@H]1c1ccc(C#N)cc1. The summed E-state index contributed by atoms with van der Waals surface area (Å²) in [5.41, 5.74) is 1.12. The van der Waals surface area contributed by atoms with Crippen molar-refractivity contribution < 1.29 is 19.1 Å². The summed E-state index contributed by atoms with van der Waals surface area (Å²) in [6.45, 7) is 0. The summed E-state index contributed by atoms with van der Waals surface area (Å²) in [4.78, 5) is 22.7. The van der Waals surface area contributed by atoms with Gasteiger partial charge in [-0.25, -0.2) is 9.59 Å². The van der Waals surface area contributed by atoms with Crippen molar-refractivity contribution in [2.45, 2.75) is 12.1 Å². The van der Waals surface area contributed by atoms with Crippen LogP contribution >= 0.6 is 0 Å². The summed E-state index contributed by atoms with van der Waals surface area (Å²) in [5.74, 6) is -0.574. The van der Waals surface area contributed by atoms with Gasteiger partial charge in [-0.15, -0.1) is 0 Å². The minimum atomic E-state index is -0.865. The van der Waals surface area contributed by atoms with Crippen LogP contribution in [0.25, 0.3) is 0 Å². The molecule has 6 heteroatoms. The van der Waals surface area contributed by atoms with Gasteiger partial charge in [-0.3, -0.25) is 0 Å². The van der Waals surface area contributed by atoms with Gasteiger partial charge >= 0.3 is 12.1 Å². The smallest absolute Gasteiger partial charge is 0.408 e. The molecule has 1 fully saturated rings.